The fraction of sp³-hybridized carbons (Fsp3) is 0.833. The smallest absolute Gasteiger partial charge is 0.176 e. The van der Waals surface area contributed by atoms with E-state index in [0.29, 0.717) is 6.54 Å². The molecule has 1 saturated carbocycles. The van der Waals surface area contributed by atoms with Gasteiger partial charge in [-0.25, -0.2) is 0 Å². The van der Waals surface area contributed by atoms with E-state index in [4.69, 9.17) is 10.4 Å². The number of rotatable bonds is 3. The highest BCUT2D eigenvalue weighted by atomic mass is 16.3. The van der Waals surface area contributed by atoms with Gasteiger partial charge in [-0.05, 0) is 12.8 Å². The Morgan fingerprint density at radius 1 is 1.67 bits per heavy atom. The van der Waals surface area contributed by atoms with Crippen molar-refractivity contribution in [1.82, 2.24) is 5.32 Å². The first-order chi connectivity index (χ1) is 4.33. The molecule has 3 nitrogen and oxygen atoms in total. The minimum Gasteiger partial charge on any atom is -0.396 e. The highest BCUT2D eigenvalue weighted by Crippen LogP contribution is 2.44. The van der Waals surface area contributed by atoms with Gasteiger partial charge >= 0.3 is 0 Å². The van der Waals surface area contributed by atoms with Crippen molar-refractivity contribution in [3.63, 3.8) is 0 Å². The summed E-state index contributed by atoms with van der Waals surface area (Å²) in [5.74, 6) is 0. The molecule has 0 amide bonds. The van der Waals surface area contributed by atoms with Crippen LogP contribution >= 0.6 is 0 Å². The number of aliphatic hydroxyl groups is 1. The van der Waals surface area contributed by atoms with Crippen molar-refractivity contribution in [3.8, 4) is 6.19 Å². The Bertz CT molecular complexity index is 134. The highest BCUT2D eigenvalue weighted by Gasteiger charge is 2.41. The Balaban J connectivity index is 2.19. The molecule has 0 heterocycles. The lowest BCUT2D eigenvalue weighted by atomic mass is 10.1. The molecule has 0 radical (unpaired) electrons. The van der Waals surface area contributed by atoms with Crippen molar-refractivity contribution in [1.29, 1.82) is 5.26 Å². The van der Waals surface area contributed by atoms with Gasteiger partial charge in [0.1, 0.15) is 0 Å². The molecule has 0 aliphatic heterocycles. The quantitative estimate of drug-likeness (QED) is 0.407. The molecule has 0 spiro atoms. The first-order valence-electron chi connectivity index (χ1n) is 3.06. The Morgan fingerprint density at radius 3 is 2.67 bits per heavy atom. The number of nitrogens with one attached hydrogen (secondary N) is 1. The van der Waals surface area contributed by atoms with Crippen LogP contribution in [0.1, 0.15) is 12.8 Å². The van der Waals surface area contributed by atoms with Crippen LogP contribution in [0, 0.1) is 16.9 Å². The van der Waals surface area contributed by atoms with E-state index in [-0.39, 0.29) is 12.0 Å². The molecule has 1 aliphatic rings. The molecule has 9 heavy (non-hydrogen) atoms. The molecule has 2 N–H and O–H groups in total. The lowest BCUT2D eigenvalue weighted by Crippen LogP contribution is -2.22. The van der Waals surface area contributed by atoms with Crippen molar-refractivity contribution < 1.29 is 5.11 Å². The van der Waals surface area contributed by atoms with Crippen LogP contribution in [0.5, 0.6) is 0 Å². The second kappa shape index (κ2) is 2.24. The second-order valence-corrected chi connectivity index (χ2v) is 2.62. The van der Waals surface area contributed by atoms with Crippen LogP contribution in [0.15, 0.2) is 0 Å². The average molecular weight is 126 g/mol. The van der Waals surface area contributed by atoms with E-state index in [0.717, 1.165) is 12.8 Å². The van der Waals surface area contributed by atoms with Gasteiger partial charge in [-0.15, -0.1) is 0 Å². The molecule has 3 heteroatoms. The number of hydrogen-bond donors (Lipinski definition) is 2. The van der Waals surface area contributed by atoms with E-state index in [2.05, 4.69) is 5.32 Å². The summed E-state index contributed by atoms with van der Waals surface area (Å²) in [6.45, 7) is 0.849. The van der Waals surface area contributed by atoms with Gasteiger partial charge in [-0.3, -0.25) is 0 Å². The zero-order valence-corrected chi connectivity index (χ0v) is 5.22. The molecule has 0 unspecified atom stereocenters. The van der Waals surface area contributed by atoms with Gasteiger partial charge in [0.2, 0.25) is 0 Å². The van der Waals surface area contributed by atoms with E-state index in [1.165, 1.54) is 0 Å². The first-order valence-corrected chi connectivity index (χ1v) is 3.06. The summed E-state index contributed by atoms with van der Waals surface area (Å²) in [6, 6.07) is 0. The van der Waals surface area contributed by atoms with Gasteiger partial charge in [0.05, 0.1) is 6.61 Å². The summed E-state index contributed by atoms with van der Waals surface area (Å²) in [6.07, 6.45) is 3.94. The second-order valence-electron chi connectivity index (χ2n) is 2.62. The molecule has 1 fully saturated rings. The third-order valence-corrected chi connectivity index (χ3v) is 1.83. The molecular weight excluding hydrogens is 116 g/mol. The maximum Gasteiger partial charge on any atom is 0.176 e. The maximum absolute atomic E-state index is 8.73. The van der Waals surface area contributed by atoms with Crippen LogP contribution < -0.4 is 5.32 Å². The Labute approximate surface area is 54.3 Å². The van der Waals surface area contributed by atoms with Crippen molar-refractivity contribution >= 4 is 0 Å². The van der Waals surface area contributed by atoms with Crippen molar-refractivity contribution in [2.75, 3.05) is 13.2 Å². The fourth-order valence-corrected chi connectivity index (χ4v) is 0.795. The number of nitrogens with zero attached hydrogens (tertiary/aromatic N) is 1. The van der Waals surface area contributed by atoms with Crippen LogP contribution in [0.2, 0.25) is 0 Å². The van der Waals surface area contributed by atoms with Crippen LogP contribution in [-0.4, -0.2) is 18.3 Å². The van der Waals surface area contributed by atoms with Crippen molar-refractivity contribution in [2.45, 2.75) is 12.8 Å². The average Bonchev–Trinajstić information content (AvgIpc) is 2.65. The van der Waals surface area contributed by atoms with Crippen LogP contribution in [0.3, 0.4) is 0 Å². The lowest BCUT2D eigenvalue weighted by molar-refractivity contribution is 0.212. The predicted octanol–water partition coefficient (Wildman–Crippen LogP) is -0.170. The van der Waals surface area contributed by atoms with Crippen LogP contribution in [-0.2, 0) is 0 Å². The molecule has 0 atom stereocenters. The summed E-state index contributed by atoms with van der Waals surface area (Å²) in [4.78, 5) is 0. The minimum absolute atomic E-state index is 0.0652. The first kappa shape index (κ1) is 6.37. The van der Waals surface area contributed by atoms with Crippen LogP contribution in [0.25, 0.3) is 0 Å². The molecular formula is C6H10N2O. The molecule has 1 aliphatic carbocycles. The highest BCUT2D eigenvalue weighted by molar-refractivity contribution is 4.95. The Kier molecular flexibility index (Phi) is 1.58. The fourth-order valence-electron chi connectivity index (χ4n) is 0.795. The number of aliphatic hydroxyl groups excluding tert-OH is 1. The Hall–Kier alpha value is -0.750. The van der Waals surface area contributed by atoms with Gasteiger partial charge in [0, 0.05) is 12.0 Å². The molecule has 0 bridgehead atoms. The zero-order chi connectivity index (χ0) is 6.74. The number of nitriles is 1. The Morgan fingerprint density at radius 2 is 2.33 bits per heavy atom. The summed E-state index contributed by atoms with van der Waals surface area (Å²) in [5.41, 5.74) is 0.0652. The standard InChI is InChI=1S/C6H10N2O/c7-5-8-3-6(4-9)1-2-6/h8-9H,1-4H2. The van der Waals surface area contributed by atoms with Gasteiger partial charge in [-0.1, -0.05) is 0 Å². The molecule has 0 aromatic carbocycles. The molecule has 50 valence electrons. The van der Waals surface area contributed by atoms with E-state index in [9.17, 15) is 0 Å². The van der Waals surface area contributed by atoms with E-state index in [1.807, 2.05) is 6.19 Å². The maximum atomic E-state index is 8.73. The normalized spacial score (nSPS) is 20.4. The number of hydrogen-bond acceptors (Lipinski definition) is 3. The van der Waals surface area contributed by atoms with E-state index >= 15 is 0 Å². The largest absolute Gasteiger partial charge is 0.396 e. The lowest BCUT2D eigenvalue weighted by Gasteiger charge is -2.07. The topological polar surface area (TPSA) is 56.0 Å². The molecule has 0 saturated heterocycles. The summed E-state index contributed by atoms with van der Waals surface area (Å²) < 4.78 is 0. The third kappa shape index (κ3) is 1.33. The van der Waals surface area contributed by atoms with Gasteiger partial charge in [0.25, 0.3) is 0 Å². The van der Waals surface area contributed by atoms with Crippen LogP contribution in [0.4, 0.5) is 0 Å². The molecule has 1 rings (SSSR count). The predicted molar refractivity (Wildman–Crippen MR) is 32.4 cm³/mol. The third-order valence-electron chi connectivity index (χ3n) is 1.83. The minimum atomic E-state index is 0.0652. The van der Waals surface area contributed by atoms with Gasteiger partial charge in [0.15, 0.2) is 6.19 Å². The zero-order valence-electron chi connectivity index (χ0n) is 5.22. The van der Waals surface area contributed by atoms with Gasteiger partial charge in [-0.2, -0.15) is 5.26 Å². The van der Waals surface area contributed by atoms with E-state index in [1.54, 1.807) is 0 Å². The summed E-state index contributed by atoms with van der Waals surface area (Å²) in [5, 5.41) is 19.4. The van der Waals surface area contributed by atoms with Gasteiger partial charge < -0.3 is 10.4 Å². The van der Waals surface area contributed by atoms with Crippen molar-refractivity contribution in [3.05, 3.63) is 0 Å². The summed E-state index contributed by atoms with van der Waals surface area (Å²) in [7, 11) is 0. The molecule has 0 aromatic heterocycles. The monoisotopic (exact) mass is 126 g/mol. The molecule has 0 aromatic rings. The summed E-state index contributed by atoms with van der Waals surface area (Å²) >= 11 is 0. The van der Waals surface area contributed by atoms with Crippen molar-refractivity contribution in [2.24, 2.45) is 5.41 Å². The van der Waals surface area contributed by atoms with E-state index < -0.39 is 0 Å². The SMILES string of the molecule is N#CNCC1(CO)CC1.